The molecule has 1 rings (SSSR count). The maximum absolute atomic E-state index is 2.54. The fraction of sp³-hybridized carbons (Fsp3) is 1.00. The van der Waals surface area contributed by atoms with E-state index in [1.54, 1.807) is 0 Å². The summed E-state index contributed by atoms with van der Waals surface area (Å²) >= 11 is 0. The lowest BCUT2D eigenvalue weighted by atomic mass is 9.75. The first-order chi connectivity index (χ1) is 5.92. The number of hydrogen-bond donors (Lipinski definition) is 0. The molecule has 0 aliphatic heterocycles. The highest BCUT2D eigenvalue weighted by Crippen LogP contribution is 2.36. The topological polar surface area (TPSA) is 3.24 Å². The van der Waals surface area contributed by atoms with Gasteiger partial charge in [-0.05, 0) is 52.0 Å². The van der Waals surface area contributed by atoms with Gasteiger partial charge in [-0.25, -0.2) is 0 Å². The molecule has 0 radical (unpaired) electrons. The highest BCUT2D eigenvalue weighted by molar-refractivity contribution is 4.83. The lowest BCUT2D eigenvalue weighted by molar-refractivity contribution is 0.106. The fourth-order valence-electron chi connectivity index (χ4n) is 2.21. The molecular formula is C12H25N. The Bertz CT molecular complexity index is 151. The first-order valence-electron chi connectivity index (χ1n) is 5.64. The van der Waals surface area contributed by atoms with Gasteiger partial charge in [0.2, 0.25) is 0 Å². The standard InChI is InChI=1S/C12H25N/c1-10(2)13(5)11-6-8-12(3,4)9-7-11/h10-11H,6-9H2,1-5H3. The highest BCUT2D eigenvalue weighted by atomic mass is 15.1. The zero-order valence-electron chi connectivity index (χ0n) is 9.93. The van der Waals surface area contributed by atoms with Gasteiger partial charge in [0, 0.05) is 12.1 Å². The van der Waals surface area contributed by atoms with E-state index in [0.29, 0.717) is 11.5 Å². The van der Waals surface area contributed by atoms with Crippen LogP contribution in [0.1, 0.15) is 53.4 Å². The molecule has 0 aromatic rings. The molecule has 0 saturated heterocycles. The zero-order chi connectivity index (χ0) is 10.1. The van der Waals surface area contributed by atoms with Crippen LogP contribution in [0.3, 0.4) is 0 Å². The van der Waals surface area contributed by atoms with Crippen LogP contribution in [-0.4, -0.2) is 24.0 Å². The minimum atomic E-state index is 0.605. The van der Waals surface area contributed by atoms with Crippen molar-refractivity contribution in [2.75, 3.05) is 7.05 Å². The molecule has 0 N–H and O–H groups in total. The van der Waals surface area contributed by atoms with Gasteiger partial charge in [0.05, 0.1) is 0 Å². The van der Waals surface area contributed by atoms with Crippen molar-refractivity contribution in [2.45, 2.75) is 65.5 Å². The Morgan fingerprint density at radius 1 is 1.15 bits per heavy atom. The van der Waals surface area contributed by atoms with E-state index in [2.05, 4.69) is 39.6 Å². The smallest absolute Gasteiger partial charge is 0.00953 e. The Morgan fingerprint density at radius 3 is 2.00 bits per heavy atom. The molecule has 1 nitrogen and oxygen atoms in total. The largest absolute Gasteiger partial charge is 0.301 e. The van der Waals surface area contributed by atoms with E-state index in [-0.39, 0.29) is 0 Å². The molecular weight excluding hydrogens is 158 g/mol. The summed E-state index contributed by atoms with van der Waals surface area (Å²) in [5.74, 6) is 0. The van der Waals surface area contributed by atoms with Crippen molar-refractivity contribution < 1.29 is 0 Å². The number of rotatable bonds is 2. The number of nitrogens with zero attached hydrogens (tertiary/aromatic N) is 1. The van der Waals surface area contributed by atoms with Crippen molar-refractivity contribution in [3.8, 4) is 0 Å². The van der Waals surface area contributed by atoms with Crippen molar-refractivity contribution in [1.82, 2.24) is 4.90 Å². The van der Waals surface area contributed by atoms with E-state index < -0.39 is 0 Å². The molecule has 1 heteroatoms. The van der Waals surface area contributed by atoms with Crippen molar-refractivity contribution in [3.05, 3.63) is 0 Å². The SMILES string of the molecule is CC(C)N(C)C1CCC(C)(C)CC1. The van der Waals surface area contributed by atoms with Crippen LogP contribution < -0.4 is 0 Å². The molecule has 0 atom stereocenters. The third-order valence-corrected chi connectivity index (χ3v) is 3.70. The third kappa shape index (κ3) is 2.98. The van der Waals surface area contributed by atoms with Crippen LogP contribution in [0, 0.1) is 5.41 Å². The van der Waals surface area contributed by atoms with E-state index in [1.807, 2.05) is 0 Å². The summed E-state index contributed by atoms with van der Waals surface area (Å²) in [4.78, 5) is 2.54. The van der Waals surface area contributed by atoms with Crippen LogP contribution in [0.2, 0.25) is 0 Å². The molecule has 0 unspecified atom stereocenters. The monoisotopic (exact) mass is 183 g/mol. The van der Waals surface area contributed by atoms with Crippen LogP contribution in [-0.2, 0) is 0 Å². The van der Waals surface area contributed by atoms with Crippen LogP contribution >= 0.6 is 0 Å². The predicted molar refractivity (Wildman–Crippen MR) is 58.9 cm³/mol. The Labute approximate surface area is 83.5 Å². The Balaban J connectivity index is 2.41. The second-order valence-corrected chi connectivity index (χ2v) is 5.65. The summed E-state index contributed by atoms with van der Waals surface area (Å²) in [6.07, 6.45) is 5.58. The maximum Gasteiger partial charge on any atom is 0.00953 e. The van der Waals surface area contributed by atoms with Crippen molar-refractivity contribution >= 4 is 0 Å². The zero-order valence-corrected chi connectivity index (χ0v) is 9.93. The van der Waals surface area contributed by atoms with Crippen molar-refractivity contribution in [1.29, 1.82) is 0 Å². The first-order valence-corrected chi connectivity index (χ1v) is 5.64. The van der Waals surface area contributed by atoms with Gasteiger partial charge in [-0.2, -0.15) is 0 Å². The normalized spacial score (nSPS) is 24.2. The summed E-state index contributed by atoms with van der Waals surface area (Å²) in [5.41, 5.74) is 0.605. The number of hydrogen-bond acceptors (Lipinski definition) is 1. The van der Waals surface area contributed by atoms with Gasteiger partial charge in [0.15, 0.2) is 0 Å². The lowest BCUT2D eigenvalue weighted by Gasteiger charge is -2.40. The highest BCUT2D eigenvalue weighted by Gasteiger charge is 2.29. The van der Waals surface area contributed by atoms with Gasteiger partial charge in [0.1, 0.15) is 0 Å². The Morgan fingerprint density at radius 2 is 1.62 bits per heavy atom. The third-order valence-electron chi connectivity index (χ3n) is 3.70. The molecule has 0 spiro atoms. The molecule has 0 bridgehead atoms. The van der Waals surface area contributed by atoms with E-state index in [4.69, 9.17) is 0 Å². The molecule has 0 aromatic heterocycles. The van der Waals surface area contributed by atoms with Crippen molar-refractivity contribution in [2.24, 2.45) is 5.41 Å². The summed E-state index contributed by atoms with van der Waals surface area (Å²) in [6.45, 7) is 9.39. The van der Waals surface area contributed by atoms with Gasteiger partial charge in [-0.15, -0.1) is 0 Å². The van der Waals surface area contributed by atoms with Gasteiger partial charge < -0.3 is 4.90 Å². The van der Waals surface area contributed by atoms with Gasteiger partial charge >= 0.3 is 0 Å². The average molecular weight is 183 g/mol. The molecule has 13 heavy (non-hydrogen) atoms. The minimum Gasteiger partial charge on any atom is -0.301 e. The second kappa shape index (κ2) is 4.00. The molecule has 1 aliphatic carbocycles. The fourth-order valence-corrected chi connectivity index (χ4v) is 2.21. The van der Waals surface area contributed by atoms with Gasteiger partial charge in [-0.3, -0.25) is 0 Å². The molecule has 0 heterocycles. The second-order valence-electron chi connectivity index (χ2n) is 5.65. The molecule has 0 amide bonds. The Hall–Kier alpha value is -0.0400. The Kier molecular flexibility index (Phi) is 3.39. The minimum absolute atomic E-state index is 0.605. The molecule has 1 saturated carbocycles. The van der Waals surface area contributed by atoms with Crippen LogP contribution in [0.5, 0.6) is 0 Å². The molecule has 1 fully saturated rings. The van der Waals surface area contributed by atoms with Crippen molar-refractivity contribution in [3.63, 3.8) is 0 Å². The quantitative estimate of drug-likeness (QED) is 0.635. The summed E-state index contributed by atoms with van der Waals surface area (Å²) in [6, 6.07) is 1.54. The van der Waals surface area contributed by atoms with E-state index in [0.717, 1.165) is 6.04 Å². The van der Waals surface area contributed by atoms with E-state index in [9.17, 15) is 0 Å². The summed E-state index contributed by atoms with van der Waals surface area (Å²) in [5, 5.41) is 0. The van der Waals surface area contributed by atoms with Gasteiger partial charge in [-0.1, -0.05) is 13.8 Å². The first kappa shape index (κ1) is 11.0. The predicted octanol–water partition coefficient (Wildman–Crippen LogP) is 3.30. The molecule has 0 aromatic carbocycles. The van der Waals surface area contributed by atoms with Crippen LogP contribution in [0.4, 0.5) is 0 Å². The lowest BCUT2D eigenvalue weighted by Crippen LogP contribution is -2.40. The van der Waals surface area contributed by atoms with E-state index in [1.165, 1.54) is 25.7 Å². The molecule has 1 aliphatic rings. The maximum atomic E-state index is 2.54. The average Bonchev–Trinajstić information content (AvgIpc) is 2.03. The van der Waals surface area contributed by atoms with Gasteiger partial charge in [0.25, 0.3) is 0 Å². The molecule has 78 valence electrons. The van der Waals surface area contributed by atoms with E-state index >= 15 is 0 Å². The summed E-state index contributed by atoms with van der Waals surface area (Å²) in [7, 11) is 2.27. The van der Waals surface area contributed by atoms with Crippen LogP contribution in [0.25, 0.3) is 0 Å². The van der Waals surface area contributed by atoms with Crippen LogP contribution in [0.15, 0.2) is 0 Å². The summed E-state index contributed by atoms with van der Waals surface area (Å²) < 4.78 is 0.